The van der Waals surface area contributed by atoms with Gasteiger partial charge in [0.1, 0.15) is 5.75 Å². The second kappa shape index (κ2) is 11.3. The summed E-state index contributed by atoms with van der Waals surface area (Å²) in [6.07, 6.45) is 3.42. The van der Waals surface area contributed by atoms with E-state index in [1.165, 1.54) is 25.0 Å². The first-order valence-electron chi connectivity index (χ1n) is 7.62. The van der Waals surface area contributed by atoms with Crippen LogP contribution in [0.4, 0.5) is 4.79 Å². The van der Waals surface area contributed by atoms with Gasteiger partial charge in [-0.05, 0) is 37.6 Å². The van der Waals surface area contributed by atoms with Gasteiger partial charge in [0.15, 0.2) is 0 Å². The molecule has 0 aromatic heterocycles. The Morgan fingerprint density at radius 2 is 1.70 bits per heavy atom. The highest BCUT2D eigenvalue weighted by Crippen LogP contribution is 2.14. The van der Waals surface area contributed by atoms with E-state index in [1.54, 1.807) is 19.1 Å². The Morgan fingerprint density at radius 1 is 0.957 bits per heavy atom. The molecule has 0 aliphatic carbocycles. The molecular weight excluding hydrogens is 304 g/mol. The van der Waals surface area contributed by atoms with E-state index in [4.69, 9.17) is 4.74 Å². The van der Waals surface area contributed by atoms with Crippen LogP contribution >= 0.6 is 0 Å². The lowest BCUT2D eigenvalue weighted by Gasteiger charge is -2.06. The van der Waals surface area contributed by atoms with Crippen molar-refractivity contribution in [2.75, 3.05) is 13.2 Å². The van der Waals surface area contributed by atoms with Crippen molar-refractivity contribution in [2.45, 2.75) is 39.5 Å². The fourth-order valence-corrected chi connectivity index (χ4v) is 1.67. The zero-order chi connectivity index (χ0) is 16.9. The molecule has 0 spiro atoms. The maximum atomic E-state index is 11.6. The van der Waals surface area contributed by atoms with E-state index in [9.17, 15) is 9.59 Å². The van der Waals surface area contributed by atoms with Crippen molar-refractivity contribution in [3.05, 3.63) is 29.8 Å². The minimum absolute atomic E-state index is 0.121. The Balaban J connectivity index is 2.29. The molecular formula is C16H22O7. The summed E-state index contributed by atoms with van der Waals surface area (Å²) >= 11 is 0. The molecule has 128 valence electrons. The van der Waals surface area contributed by atoms with Crippen LogP contribution in [-0.2, 0) is 19.6 Å². The van der Waals surface area contributed by atoms with Crippen molar-refractivity contribution in [1.82, 2.24) is 0 Å². The normalized spacial score (nSPS) is 10.0. The SMILES string of the molecule is CCCCCCOc1ccc(C(=O)OOOC(=O)OCC)cc1. The molecule has 1 rings (SSSR count). The van der Waals surface area contributed by atoms with E-state index in [-0.39, 0.29) is 12.2 Å². The second-order valence-corrected chi connectivity index (χ2v) is 4.64. The van der Waals surface area contributed by atoms with Crippen molar-refractivity contribution >= 4 is 12.1 Å². The Morgan fingerprint density at radius 3 is 2.35 bits per heavy atom. The third-order valence-corrected chi connectivity index (χ3v) is 2.83. The molecule has 0 amide bonds. The van der Waals surface area contributed by atoms with Crippen molar-refractivity contribution in [1.29, 1.82) is 0 Å². The molecule has 1 aromatic carbocycles. The standard InChI is InChI=1S/C16H22O7/c1-3-5-6-7-12-20-14-10-8-13(9-11-14)15(17)21-23-22-16(18)19-4-2/h8-11H,3-7,12H2,1-2H3. The summed E-state index contributed by atoms with van der Waals surface area (Å²) in [6, 6.07) is 6.36. The number of ether oxygens (including phenoxy) is 2. The lowest BCUT2D eigenvalue weighted by atomic mass is 10.2. The lowest BCUT2D eigenvalue weighted by molar-refractivity contribution is -0.452. The summed E-state index contributed by atoms with van der Waals surface area (Å²) in [6.45, 7) is 4.51. The van der Waals surface area contributed by atoms with Crippen LogP contribution in [0.5, 0.6) is 5.75 Å². The van der Waals surface area contributed by atoms with Gasteiger partial charge in [0.2, 0.25) is 0 Å². The van der Waals surface area contributed by atoms with Gasteiger partial charge in [-0.15, -0.1) is 0 Å². The highest BCUT2D eigenvalue weighted by Gasteiger charge is 2.11. The molecule has 0 unspecified atom stereocenters. The Hall–Kier alpha value is -2.28. The molecule has 0 aliphatic heterocycles. The summed E-state index contributed by atoms with van der Waals surface area (Å²) < 4.78 is 9.97. The van der Waals surface area contributed by atoms with Crippen LogP contribution in [0.2, 0.25) is 0 Å². The van der Waals surface area contributed by atoms with Crippen molar-refractivity contribution in [3.63, 3.8) is 0 Å². The summed E-state index contributed by atoms with van der Waals surface area (Å²) in [5.74, 6) is -0.134. The molecule has 7 heteroatoms. The third-order valence-electron chi connectivity index (χ3n) is 2.83. The minimum atomic E-state index is -1.09. The third kappa shape index (κ3) is 8.06. The number of rotatable bonds is 10. The second-order valence-electron chi connectivity index (χ2n) is 4.64. The van der Waals surface area contributed by atoms with Gasteiger partial charge in [-0.3, -0.25) is 4.89 Å². The van der Waals surface area contributed by atoms with E-state index >= 15 is 0 Å². The predicted molar refractivity (Wildman–Crippen MR) is 80.7 cm³/mol. The number of carbonyl (C=O) groups is 2. The average molecular weight is 326 g/mol. The van der Waals surface area contributed by atoms with Crippen LogP contribution < -0.4 is 4.74 Å². The van der Waals surface area contributed by atoms with E-state index in [1.807, 2.05) is 0 Å². The first-order valence-corrected chi connectivity index (χ1v) is 7.62. The summed E-state index contributed by atoms with van der Waals surface area (Å²) in [4.78, 5) is 30.8. The molecule has 0 N–H and O–H groups in total. The van der Waals surface area contributed by atoms with Crippen LogP contribution in [0, 0.1) is 0 Å². The zero-order valence-electron chi connectivity index (χ0n) is 13.4. The molecule has 0 fully saturated rings. The number of hydrogen-bond acceptors (Lipinski definition) is 7. The van der Waals surface area contributed by atoms with Crippen molar-refractivity contribution in [2.24, 2.45) is 0 Å². The molecule has 0 radical (unpaired) electrons. The molecule has 0 heterocycles. The number of benzene rings is 1. The number of carbonyl (C=O) groups excluding carboxylic acids is 2. The predicted octanol–water partition coefficient (Wildman–Crippen LogP) is 3.82. The van der Waals surface area contributed by atoms with Crippen molar-refractivity contribution < 1.29 is 33.9 Å². The highest BCUT2D eigenvalue weighted by atomic mass is 17.5. The lowest BCUT2D eigenvalue weighted by Crippen LogP contribution is -2.12. The largest absolute Gasteiger partial charge is 0.543 e. The molecule has 7 nitrogen and oxygen atoms in total. The fraction of sp³-hybridized carbons (Fsp3) is 0.500. The van der Waals surface area contributed by atoms with E-state index in [0.717, 1.165) is 12.8 Å². The van der Waals surface area contributed by atoms with Crippen molar-refractivity contribution in [3.8, 4) is 5.75 Å². The maximum absolute atomic E-state index is 11.6. The molecule has 0 bridgehead atoms. The first kappa shape index (κ1) is 18.8. The van der Waals surface area contributed by atoms with Gasteiger partial charge in [0, 0.05) is 0 Å². The zero-order valence-corrected chi connectivity index (χ0v) is 13.4. The summed E-state index contributed by atoms with van der Waals surface area (Å²) in [5, 5.41) is 4.04. The van der Waals surface area contributed by atoms with Gasteiger partial charge in [0.05, 0.1) is 23.8 Å². The van der Waals surface area contributed by atoms with Crippen LogP contribution in [0.3, 0.4) is 0 Å². The molecule has 0 saturated carbocycles. The summed E-state index contributed by atoms with van der Waals surface area (Å²) in [5.41, 5.74) is 0.232. The first-order chi connectivity index (χ1) is 11.2. The minimum Gasteiger partial charge on any atom is -0.494 e. The van der Waals surface area contributed by atoms with Gasteiger partial charge in [-0.1, -0.05) is 26.2 Å². The number of unbranched alkanes of at least 4 members (excludes halogenated alkanes) is 3. The number of hydrogen-bond donors (Lipinski definition) is 0. The topological polar surface area (TPSA) is 80.3 Å². The smallest absolute Gasteiger partial charge is 0.494 e. The Bertz CT molecular complexity index is 470. The molecule has 1 aromatic rings. The highest BCUT2D eigenvalue weighted by molar-refractivity contribution is 5.89. The summed E-state index contributed by atoms with van der Waals surface area (Å²) in [7, 11) is 0. The molecule has 0 saturated heterocycles. The monoisotopic (exact) mass is 326 g/mol. The average Bonchev–Trinajstić information content (AvgIpc) is 2.55. The van der Waals surface area contributed by atoms with Crippen LogP contribution in [0.15, 0.2) is 24.3 Å². The van der Waals surface area contributed by atoms with Crippen LogP contribution in [-0.4, -0.2) is 25.3 Å². The van der Waals surface area contributed by atoms with Gasteiger partial charge < -0.3 is 9.47 Å². The van der Waals surface area contributed by atoms with E-state index < -0.39 is 12.1 Å². The molecule has 23 heavy (non-hydrogen) atoms. The van der Waals surface area contributed by atoms with Gasteiger partial charge in [-0.2, -0.15) is 0 Å². The maximum Gasteiger partial charge on any atom is 0.543 e. The van der Waals surface area contributed by atoms with Crippen LogP contribution in [0.25, 0.3) is 0 Å². The van der Waals surface area contributed by atoms with Crippen LogP contribution in [0.1, 0.15) is 49.9 Å². The van der Waals surface area contributed by atoms with Gasteiger partial charge in [0.25, 0.3) is 0 Å². The Kier molecular flexibility index (Phi) is 9.23. The fourth-order valence-electron chi connectivity index (χ4n) is 1.67. The van der Waals surface area contributed by atoms with Gasteiger partial charge >= 0.3 is 12.1 Å². The molecule has 0 atom stereocenters. The molecule has 0 aliphatic rings. The van der Waals surface area contributed by atoms with E-state index in [0.29, 0.717) is 12.4 Å². The quantitative estimate of drug-likeness (QED) is 0.280. The Labute approximate surface area is 135 Å². The van der Waals surface area contributed by atoms with E-state index in [2.05, 4.69) is 26.5 Å². The van der Waals surface area contributed by atoms with Gasteiger partial charge in [-0.25, -0.2) is 14.5 Å².